The first-order chi connectivity index (χ1) is 8.71. The molecule has 3 atom stereocenters. The average molecular weight is 252 g/mol. The quantitative estimate of drug-likeness (QED) is 0.836. The van der Waals surface area contributed by atoms with Crippen LogP contribution in [0.2, 0.25) is 0 Å². The summed E-state index contributed by atoms with van der Waals surface area (Å²) >= 11 is 0. The van der Waals surface area contributed by atoms with E-state index in [2.05, 4.69) is 11.8 Å². The van der Waals surface area contributed by atoms with E-state index in [4.69, 9.17) is 10.5 Å². The highest BCUT2D eigenvalue weighted by Crippen LogP contribution is 2.43. The maximum atomic E-state index is 6.42. The lowest BCUT2D eigenvalue weighted by atomic mass is 9.98. The smallest absolute Gasteiger partial charge is 0.0710 e. The number of nitrogens with zero attached hydrogens (tertiary/aromatic N) is 1. The van der Waals surface area contributed by atoms with Crippen LogP contribution < -0.4 is 5.73 Å². The van der Waals surface area contributed by atoms with E-state index < -0.39 is 0 Å². The van der Waals surface area contributed by atoms with E-state index in [1.807, 2.05) is 0 Å². The summed E-state index contributed by atoms with van der Waals surface area (Å²) < 4.78 is 6.42. The highest BCUT2D eigenvalue weighted by Gasteiger charge is 2.43. The molecule has 2 aliphatic heterocycles. The van der Waals surface area contributed by atoms with Crippen LogP contribution in [0.25, 0.3) is 0 Å². The normalized spacial score (nSPS) is 40.0. The lowest BCUT2D eigenvalue weighted by Crippen LogP contribution is -2.36. The average Bonchev–Trinajstić information content (AvgIpc) is 3.05. The van der Waals surface area contributed by atoms with Gasteiger partial charge in [-0.3, -0.25) is 4.90 Å². The van der Waals surface area contributed by atoms with Crippen LogP contribution in [0.4, 0.5) is 0 Å². The van der Waals surface area contributed by atoms with E-state index in [0.29, 0.717) is 23.7 Å². The number of ether oxygens (including phenoxy) is 1. The first kappa shape index (κ1) is 12.9. The summed E-state index contributed by atoms with van der Waals surface area (Å²) in [6.07, 6.45) is 9.71. The minimum atomic E-state index is 0.293. The van der Waals surface area contributed by atoms with Crippen LogP contribution in [0.3, 0.4) is 0 Å². The molecule has 3 heteroatoms. The van der Waals surface area contributed by atoms with Crippen molar-refractivity contribution in [1.82, 2.24) is 4.90 Å². The van der Waals surface area contributed by atoms with Crippen molar-refractivity contribution in [1.29, 1.82) is 0 Å². The molecule has 0 amide bonds. The predicted octanol–water partition coefficient (Wildman–Crippen LogP) is 2.15. The van der Waals surface area contributed by atoms with E-state index >= 15 is 0 Å². The van der Waals surface area contributed by atoms with Gasteiger partial charge in [-0.25, -0.2) is 0 Å². The second-order valence-corrected chi connectivity index (χ2v) is 6.81. The van der Waals surface area contributed by atoms with E-state index in [9.17, 15) is 0 Å². The highest BCUT2D eigenvalue weighted by atomic mass is 16.5. The third-order valence-electron chi connectivity index (χ3n) is 5.42. The molecule has 104 valence electrons. The van der Waals surface area contributed by atoms with Crippen molar-refractivity contribution in [2.24, 2.45) is 11.7 Å². The standard InChI is InChI=1S/C15H28N2O/c1-12-8-13(9-16)10-17(12)11-14-4-7-15(18-14)5-2-3-6-15/h12-14H,2-11,16H2,1H3. The summed E-state index contributed by atoms with van der Waals surface area (Å²) in [4.78, 5) is 2.61. The van der Waals surface area contributed by atoms with Crippen LogP contribution in [0, 0.1) is 5.92 Å². The molecule has 0 radical (unpaired) electrons. The molecule has 2 N–H and O–H groups in total. The summed E-state index contributed by atoms with van der Waals surface area (Å²) in [7, 11) is 0. The Morgan fingerprint density at radius 2 is 2.06 bits per heavy atom. The zero-order chi connectivity index (χ0) is 12.6. The van der Waals surface area contributed by atoms with Crippen LogP contribution >= 0.6 is 0 Å². The Hall–Kier alpha value is -0.120. The van der Waals surface area contributed by atoms with E-state index in [1.165, 1.54) is 51.5 Å². The molecule has 0 aromatic carbocycles. The summed E-state index contributed by atoms with van der Waals surface area (Å²) in [6.45, 7) is 5.51. The predicted molar refractivity (Wildman–Crippen MR) is 73.5 cm³/mol. The van der Waals surface area contributed by atoms with Gasteiger partial charge in [0.15, 0.2) is 0 Å². The number of hydrogen-bond acceptors (Lipinski definition) is 3. The molecule has 3 aliphatic rings. The second-order valence-electron chi connectivity index (χ2n) is 6.81. The van der Waals surface area contributed by atoms with Crippen LogP contribution in [0.1, 0.15) is 51.9 Å². The van der Waals surface area contributed by atoms with Crippen molar-refractivity contribution in [3.63, 3.8) is 0 Å². The molecule has 1 saturated carbocycles. The number of likely N-dealkylation sites (tertiary alicyclic amines) is 1. The van der Waals surface area contributed by atoms with Gasteiger partial charge in [-0.2, -0.15) is 0 Å². The lowest BCUT2D eigenvalue weighted by molar-refractivity contribution is -0.0481. The van der Waals surface area contributed by atoms with Gasteiger partial charge in [-0.15, -0.1) is 0 Å². The summed E-state index contributed by atoms with van der Waals surface area (Å²) in [5.74, 6) is 0.710. The zero-order valence-corrected chi connectivity index (χ0v) is 11.7. The van der Waals surface area contributed by atoms with Gasteiger partial charge in [0.1, 0.15) is 0 Å². The molecule has 3 nitrogen and oxygen atoms in total. The molecule has 2 saturated heterocycles. The Labute approximate surface area is 111 Å². The van der Waals surface area contributed by atoms with E-state index in [-0.39, 0.29) is 0 Å². The van der Waals surface area contributed by atoms with Gasteiger partial charge >= 0.3 is 0 Å². The minimum Gasteiger partial charge on any atom is -0.370 e. The van der Waals surface area contributed by atoms with Crippen molar-refractivity contribution in [3.05, 3.63) is 0 Å². The van der Waals surface area contributed by atoms with Gasteiger partial charge in [0.2, 0.25) is 0 Å². The maximum Gasteiger partial charge on any atom is 0.0710 e. The first-order valence-electron chi connectivity index (χ1n) is 7.83. The third-order valence-corrected chi connectivity index (χ3v) is 5.42. The minimum absolute atomic E-state index is 0.293. The molecule has 2 heterocycles. The first-order valence-corrected chi connectivity index (χ1v) is 7.83. The van der Waals surface area contributed by atoms with Gasteiger partial charge in [0.25, 0.3) is 0 Å². The van der Waals surface area contributed by atoms with Gasteiger partial charge in [0.05, 0.1) is 11.7 Å². The SMILES string of the molecule is CC1CC(CN)CN1CC1CCC2(CCCC2)O1. The number of hydrogen-bond donors (Lipinski definition) is 1. The molecule has 0 bridgehead atoms. The monoisotopic (exact) mass is 252 g/mol. The van der Waals surface area contributed by atoms with Crippen LogP contribution in [0.5, 0.6) is 0 Å². The van der Waals surface area contributed by atoms with Crippen molar-refractivity contribution >= 4 is 0 Å². The Bertz CT molecular complexity index is 288. The topological polar surface area (TPSA) is 38.5 Å². The largest absolute Gasteiger partial charge is 0.370 e. The molecule has 3 fully saturated rings. The summed E-state index contributed by atoms with van der Waals surface area (Å²) in [5, 5.41) is 0. The molecule has 18 heavy (non-hydrogen) atoms. The van der Waals surface area contributed by atoms with Crippen molar-refractivity contribution < 1.29 is 4.74 Å². The Kier molecular flexibility index (Phi) is 3.65. The third kappa shape index (κ3) is 2.45. The van der Waals surface area contributed by atoms with Crippen LogP contribution in [0.15, 0.2) is 0 Å². The molecular weight excluding hydrogens is 224 g/mol. The molecular formula is C15H28N2O. The van der Waals surface area contributed by atoms with Crippen molar-refractivity contribution in [2.75, 3.05) is 19.6 Å². The van der Waals surface area contributed by atoms with Crippen LogP contribution in [-0.2, 0) is 4.74 Å². The lowest BCUT2D eigenvalue weighted by Gasteiger charge is -2.28. The van der Waals surface area contributed by atoms with E-state index in [0.717, 1.165) is 13.1 Å². The fraction of sp³-hybridized carbons (Fsp3) is 1.00. The Morgan fingerprint density at radius 3 is 2.72 bits per heavy atom. The van der Waals surface area contributed by atoms with Crippen molar-refractivity contribution in [2.45, 2.75) is 69.6 Å². The maximum absolute atomic E-state index is 6.42. The Morgan fingerprint density at radius 1 is 1.28 bits per heavy atom. The van der Waals surface area contributed by atoms with Gasteiger partial charge in [-0.1, -0.05) is 12.8 Å². The number of nitrogens with two attached hydrogens (primary N) is 1. The van der Waals surface area contributed by atoms with Gasteiger partial charge in [0, 0.05) is 19.1 Å². The molecule has 1 aliphatic carbocycles. The Balaban J connectivity index is 1.52. The summed E-state index contributed by atoms with van der Waals surface area (Å²) in [5.41, 5.74) is 6.10. The molecule has 0 aromatic rings. The number of rotatable bonds is 3. The highest BCUT2D eigenvalue weighted by molar-refractivity contribution is 4.94. The second kappa shape index (κ2) is 5.10. The summed E-state index contributed by atoms with van der Waals surface area (Å²) in [6, 6.07) is 0.697. The fourth-order valence-electron chi connectivity index (χ4n) is 4.32. The van der Waals surface area contributed by atoms with Gasteiger partial charge < -0.3 is 10.5 Å². The van der Waals surface area contributed by atoms with Gasteiger partial charge in [-0.05, 0) is 51.5 Å². The molecule has 3 rings (SSSR count). The van der Waals surface area contributed by atoms with E-state index in [1.54, 1.807) is 0 Å². The zero-order valence-electron chi connectivity index (χ0n) is 11.7. The molecule has 0 aromatic heterocycles. The fourth-order valence-corrected chi connectivity index (χ4v) is 4.32. The van der Waals surface area contributed by atoms with Crippen molar-refractivity contribution in [3.8, 4) is 0 Å². The molecule has 1 spiro atoms. The molecule has 3 unspecified atom stereocenters. The van der Waals surface area contributed by atoms with Crippen LogP contribution in [-0.4, -0.2) is 42.3 Å².